The molecule has 15 heteroatoms. The number of aryl methyl sites for hydroxylation is 3. The summed E-state index contributed by atoms with van der Waals surface area (Å²) in [4.78, 5) is 37.6. The minimum atomic E-state index is -0.243. The number of nitrogens with two attached hydrogens (primary N) is 2. The van der Waals surface area contributed by atoms with Crippen LogP contribution in [0.25, 0.3) is 0 Å². The maximum absolute atomic E-state index is 12.2. The molecule has 3 aromatic carbocycles. The van der Waals surface area contributed by atoms with E-state index in [1.165, 1.54) is 18.9 Å². The third-order valence-electron chi connectivity index (χ3n) is 11.6. The highest BCUT2D eigenvalue weighted by molar-refractivity contribution is 5.89. The van der Waals surface area contributed by atoms with Gasteiger partial charge in [0.1, 0.15) is 0 Å². The van der Waals surface area contributed by atoms with Crippen molar-refractivity contribution in [1.29, 1.82) is 0 Å². The van der Waals surface area contributed by atoms with Crippen LogP contribution < -0.4 is 32.7 Å². The van der Waals surface area contributed by atoms with Gasteiger partial charge in [-0.05, 0) is 95.7 Å². The first-order chi connectivity index (χ1) is 34.4. The van der Waals surface area contributed by atoms with E-state index in [0.717, 1.165) is 119 Å². The van der Waals surface area contributed by atoms with Crippen LogP contribution in [-0.2, 0) is 28.5 Å². The van der Waals surface area contributed by atoms with E-state index >= 15 is 0 Å². The highest BCUT2D eigenvalue weighted by Crippen LogP contribution is 2.33. The first-order valence-corrected chi connectivity index (χ1v) is 26.1. The molecule has 15 nitrogen and oxygen atoms in total. The summed E-state index contributed by atoms with van der Waals surface area (Å²) in [7, 11) is 0. The number of unbranched alkanes of at least 4 members (excludes halogenated alkanes) is 2. The zero-order valence-corrected chi connectivity index (χ0v) is 44.7. The van der Waals surface area contributed by atoms with E-state index in [9.17, 15) is 14.4 Å². The van der Waals surface area contributed by atoms with Crippen molar-refractivity contribution in [2.75, 3.05) is 103 Å². The maximum atomic E-state index is 12.2. The molecule has 1 saturated heterocycles. The summed E-state index contributed by atoms with van der Waals surface area (Å²) in [6.45, 7) is 23.6. The molecular weight excluding hydrogens is 899 g/mol. The zero-order valence-electron chi connectivity index (χ0n) is 44.7. The average molecular weight is 992 g/mol. The number of anilines is 2. The molecule has 4 amide bonds. The van der Waals surface area contributed by atoms with Gasteiger partial charge in [-0.3, -0.25) is 0 Å². The van der Waals surface area contributed by atoms with Crippen molar-refractivity contribution in [2.24, 2.45) is 27.3 Å². The second-order valence-corrected chi connectivity index (χ2v) is 18.3. The average Bonchev–Trinajstić information content (AvgIpc) is 3.96. The Labute approximate surface area is 427 Å². The highest BCUT2D eigenvalue weighted by atomic mass is 16.5. The molecule has 0 radical (unpaired) electrons. The SMILES string of the molecule is C1CCOC1.CCCC(CCC)(COCCN)COCCN.CCCCC(CCCC)(COCCNC(=O)Nc1ccc(C)cc1)COCCNC(=O)Nc1ccc(C)cc1.Cc1ccc(N=C=O)cc1. The molecule has 1 aliphatic rings. The van der Waals surface area contributed by atoms with Gasteiger partial charge in [-0.1, -0.05) is 119 Å². The van der Waals surface area contributed by atoms with E-state index in [2.05, 4.69) is 54.0 Å². The van der Waals surface area contributed by atoms with Crippen LogP contribution in [0.5, 0.6) is 0 Å². The molecule has 0 bridgehead atoms. The van der Waals surface area contributed by atoms with Gasteiger partial charge in [0.05, 0.1) is 58.5 Å². The van der Waals surface area contributed by atoms with Crippen molar-refractivity contribution in [3.63, 3.8) is 0 Å². The number of nitrogens with zero attached hydrogens (tertiary/aromatic N) is 1. The number of rotatable bonds is 31. The monoisotopic (exact) mass is 992 g/mol. The van der Waals surface area contributed by atoms with Gasteiger partial charge in [0.15, 0.2) is 0 Å². The smallest absolute Gasteiger partial charge is 0.319 e. The number of urea groups is 2. The molecule has 1 aliphatic heterocycles. The van der Waals surface area contributed by atoms with Gasteiger partial charge >= 0.3 is 12.1 Å². The summed E-state index contributed by atoms with van der Waals surface area (Å²) in [5.74, 6) is 0. The molecule has 0 spiro atoms. The van der Waals surface area contributed by atoms with E-state index in [-0.39, 0.29) is 22.9 Å². The Balaban J connectivity index is 0.000000634. The van der Waals surface area contributed by atoms with Crippen LogP contribution in [0.4, 0.5) is 26.7 Å². The summed E-state index contributed by atoms with van der Waals surface area (Å²) in [5.41, 5.74) is 16.6. The number of carbonyl (C=O) groups excluding carboxylic acids is 3. The number of hydrogen-bond acceptors (Lipinski definition) is 11. The molecule has 1 heterocycles. The number of carbonyl (C=O) groups is 2. The van der Waals surface area contributed by atoms with Gasteiger partial charge in [0.2, 0.25) is 6.08 Å². The third-order valence-corrected chi connectivity index (χ3v) is 11.6. The van der Waals surface area contributed by atoms with E-state index in [0.29, 0.717) is 71.5 Å². The third kappa shape index (κ3) is 32.8. The second kappa shape index (κ2) is 41.9. The number of aliphatic imine (C=N–C) groups is 1. The molecule has 0 saturated carbocycles. The Kier molecular flexibility index (Phi) is 37.9. The first kappa shape index (κ1) is 64.3. The minimum Gasteiger partial charge on any atom is -0.381 e. The summed E-state index contributed by atoms with van der Waals surface area (Å²) in [5, 5.41) is 11.4. The molecule has 400 valence electrons. The van der Waals surface area contributed by atoms with Crippen molar-refractivity contribution < 1.29 is 38.1 Å². The number of benzene rings is 3. The fourth-order valence-corrected chi connectivity index (χ4v) is 7.68. The molecule has 0 aromatic heterocycles. The molecule has 0 atom stereocenters. The molecule has 3 aromatic rings. The fourth-order valence-electron chi connectivity index (χ4n) is 7.68. The van der Waals surface area contributed by atoms with Gasteiger partial charge in [-0.2, -0.15) is 4.99 Å². The molecule has 71 heavy (non-hydrogen) atoms. The number of amides is 4. The first-order valence-electron chi connectivity index (χ1n) is 26.1. The Hall–Kier alpha value is -4.70. The molecule has 4 rings (SSSR count). The van der Waals surface area contributed by atoms with Crippen molar-refractivity contribution in [2.45, 2.75) is 126 Å². The lowest BCUT2D eigenvalue weighted by Crippen LogP contribution is -2.37. The van der Waals surface area contributed by atoms with Gasteiger partial charge in [0, 0.05) is 61.6 Å². The lowest BCUT2D eigenvalue weighted by Gasteiger charge is -2.34. The minimum absolute atomic E-state index is 0.0830. The number of ether oxygens (including phenoxy) is 5. The van der Waals surface area contributed by atoms with Crippen molar-refractivity contribution in [3.8, 4) is 0 Å². The Morgan fingerprint density at radius 3 is 1.25 bits per heavy atom. The predicted octanol–water partition coefficient (Wildman–Crippen LogP) is 10.9. The Bertz CT molecular complexity index is 1700. The van der Waals surface area contributed by atoms with Crippen LogP contribution in [0.3, 0.4) is 0 Å². The summed E-state index contributed by atoms with van der Waals surface area (Å²) in [6.07, 6.45) is 15.1. The van der Waals surface area contributed by atoms with E-state index in [1.807, 2.05) is 81.4 Å². The van der Waals surface area contributed by atoms with Crippen LogP contribution >= 0.6 is 0 Å². The standard InChI is InChI=1S/C31H48N4O4.C13H30N2O2.C8H7NO.C4H8O/c1-5-7-17-31(18-8-6-2,23-38-21-19-32-29(36)34-27-13-9-25(3)10-14-27)24-39-22-20-33-30(37)35-28-15-11-26(4)12-16-28;1-3-5-13(6-4-2,11-16-9-7-14)12-17-10-8-15;1-7-2-4-8(5-3-7)9-6-10;1-2-4-5-3-1/h9-16H,5-8,17-24H2,1-4H3,(H2,32,34,36)(H2,33,35,37);3-12,14-15H2,1-2H3;2-5H,1H3;1-4H2. The van der Waals surface area contributed by atoms with Gasteiger partial charge < -0.3 is 56.4 Å². The maximum Gasteiger partial charge on any atom is 0.319 e. The van der Waals surface area contributed by atoms with E-state index in [1.54, 1.807) is 12.1 Å². The molecule has 1 fully saturated rings. The van der Waals surface area contributed by atoms with Crippen LogP contribution in [0.15, 0.2) is 77.8 Å². The molecule has 8 N–H and O–H groups in total. The van der Waals surface area contributed by atoms with Crippen LogP contribution in [-0.4, -0.2) is 110 Å². The van der Waals surface area contributed by atoms with Crippen molar-refractivity contribution in [1.82, 2.24) is 10.6 Å². The lowest BCUT2D eigenvalue weighted by atomic mass is 9.79. The predicted molar refractivity (Wildman–Crippen MR) is 291 cm³/mol. The summed E-state index contributed by atoms with van der Waals surface area (Å²) in [6, 6.07) is 22.2. The Morgan fingerprint density at radius 1 is 0.563 bits per heavy atom. The normalized spacial score (nSPS) is 11.9. The van der Waals surface area contributed by atoms with Crippen molar-refractivity contribution in [3.05, 3.63) is 89.5 Å². The molecule has 0 unspecified atom stereocenters. The Morgan fingerprint density at radius 2 is 0.930 bits per heavy atom. The second-order valence-electron chi connectivity index (χ2n) is 18.3. The van der Waals surface area contributed by atoms with E-state index in [4.69, 9.17) is 35.2 Å². The van der Waals surface area contributed by atoms with E-state index < -0.39 is 0 Å². The number of nitrogens with one attached hydrogen (secondary N) is 4. The fraction of sp³-hybridized carbons (Fsp3) is 0.625. The quantitative estimate of drug-likeness (QED) is 0.0204. The van der Waals surface area contributed by atoms with Gasteiger partial charge in [0.25, 0.3) is 0 Å². The lowest BCUT2D eigenvalue weighted by molar-refractivity contribution is -0.0322. The zero-order chi connectivity index (χ0) is 52.3. The highest BCUT2D eigenvalue weighted by Gasteiger charge is 2.31. The molecular formula is C56H93N7O8. The van der Waals surface area contributed by atoms with Crippen LogP contribution in [0.2, 0.25) is 0 Å². The topological polar surface area (TPSA) is 210 Å². The van der Waals surface area contributed by atoms with Gasteiger partial charge in [-0.15, -0.1) is 0 Å². The summed E-state index contributed by atoms with van der Waals surface area (Å²) >= 11 is 0. The van der Waals surface area contributed by atoms with Gasteiger partial charge in [-0.25, -0.2) is 14.4 Å². The summed E-state index contributed by atoms with van der Waals surface area (Å²) < 4.78 is 28.4. The van der Waals surface area contributed by atoms with Crippen LogP contribution in [0, 0.1) is 31.6 Å². The number of hydrogen-bond donors (Lipinski definition) is 6. The van der Waals surface area contributed by atoms with Crippen molar-refractivity contribution >= 4 is 35.2 Å². The van der Waals surface area contributed by atoms with Crippen LogP contribution in [0.1, 0.15) is 121 Å². The largest absolute Gasteiger partial charge is 0.381 e. The molecule has 0 aliphatic carbocycles. The number of isocyanates is 1.